The number of carbonyl (C=O) groups excluding carboxylic acids is 1. The third kappa shape index (κ3) is 3.69. The summed E-state index contributed by atoms with van der Waals surface area (Å²) in [5.74, 6) is -0.209. The zero-order chi connectivity index (χ0) is 17.8. The number of oxime groups is 1. The number of halogens is 1. The Morgan fingerprint density at radius 1 is 1.32 bits per heavy atom. The van der Waals surface area contributed by atoms with Gasteiger partial charge in [-0.15, -0.1) is 5.10 Å². The average Bonchev–Trinajstić information content (AvgIpc) is 3.02. The van der Waals surface area contributed by atoms with Crippen molar-refractivity contribution in [3.8, 4) is 5.75 Å². The van der Waals surface area contributed by atoms with E-state index in [2.05, 4.69) is 15.5 Å². The molecule has 2 N–H and O–H groups in total. The predicted molar refractivity (Wildman–Crippen MR) is 92.3 cm³/mol. The number of carbonyl (C=O) groups is 1. The second-order valence-corrected chi connectivity index (χ2v) is 5.46. The zero-order valence-electron chi connectivity index (χ0n) is 13.2. The molecule has 0 aliphatic carbocycles. The van der Waals surface area contributed by atoms with Crippen LogP contribution in [0.4, 0.5) is 0 Å². The number of hydrogen-bond donors (Lipinski definition) is 1. The van der Waals surface area contributed by atoms with E-state index in [1.54, 1.807) is 30.3 Å². The number of nitrogens with zero attached hydrogens (tertiary/aromatic N) is 4. The van der Waals surface area contributed by atoms with Gasteiger partial charge in [-0.3, -0.25) is 0 Å². The maximum absolute atomic E-state index is 12.0. The van der Waals surface area contributed by atoms with Crippen molar-refractivity contribution in [2.75, 3.05) is 7.11 Å². The molecule has 0 saturated carbocycles. The number of fused-ring (bicyclic) bond motifs is 1. The van der Waals surface area contributed by atoms with Gasteiger partial charge in [0.15, 0.2) is 5.84 Å². The van der Waals surface area contributed by atoms with Gasteiger partial charge < -0.3 is 15.3 Å². The molecule has 1 aromatic heterocycles. The van der Waals surface area contributed by atoms with Crippen LogP contribution in [0, 0.1) is 0 Å². The Hall–Kier alpha value is -3.13. The first kappa shape index (κ1) is 16.7. The van der Waals surface area contributed by atoms with Crippen LogP contribution in [-0.4, -0.2) is 33.9 Å². The molecule has 0 aliphatic heterocycles. The molecule has 0 atom stereocenters. The summed E-state index contributed by atoms with van der Waals surface area (Å²) in [4.78, 5) is 16.8. The van der Waals surface area contributed by atoms with Crippen LogP contribution in [0.3, 0.4) is 0 Å². The molecule has 0 bridgehead atoms. The van der Waals surface area contributed by atoms with Crippen molar-refractivity contribution in [3.63, 3.8) is 0 Å². The first-order chi connectivity index (χ1) is 12.1. The van der Waals surface area contributed by atoms with E-state index in [9.17, 15) is 4.79 Å². The molecule has 0 aliphatic rings. The van der Waals surface area contributed by atoms with Crippen LogP contribution in [0.2, 0.25) is 5.02 Å². The summed E-state index contributed by atoms with van der Waals surface area (Å²) in [7, 11) is 1.49. The monoisotopic (exact) mass is 359 g/mol. The summed E-state index contributed by atoms with van der Waals surface area (Å²) in [6.45, 7) is -0.149. The molecule has 0 saturated heterocycles. The van der Waals surface area contributed by atoms with Gasteiger partial charge in [0.25, 0.3) is 0 Å². The second-order valence-electron chi connectivity index (χ2n) is 5.02. The van der Waals surface area contributed by atoms with Crippen molar-refractivity contribution in [1.82, 2.24) is 15.0 Å². The lowest BCUT2D eigenvalue weighted by atomic mass is 10.2. The number of aromatic nitrogens is 3. The first-order valence-electron chi connectivity index (χ1n) is 7.24. The number of rotatable bonds is 5. The molecule has 9 heteroatoms. The maximum atomic E-state index is 12.0. The van der Waals surface area contributed by atoms with Crippen LogP contribution in [0.25, 0.3) is 11.0 Å². The number of benzene rings is 2. The fourth-order valence-electron chi connectivity index (χ4n) is 2.21. The van der Waals surface area contributed by atoms with E-state index in [1.807, 2.05) is 12.1 Å². The molecule has 0 spiro atoms. The summed E-state index contributed by atoms with van der Waals surface area (Å²) < 4.78 is 6.60. The highest BCUT2D eigenvalue weighted by Crippen LogP contribution is 2.22. The summed E-state index contributed by atoms with van der Waals surface area (Å²) >= 11 is 5.94. The number of methoxy groups -OCH3 is 1. The molecule has 3 rings (SSSR count). The third-order valence-electron chi connectivity index (χ3n) is 3.38. The van der Waals surface area contributed by atoms with Gasteiger partial charge in [0, 0.05) is 5.02 Å². The smallest absolute Gasteiger partial charge is 0.356 e. The molecular formula is C16H14ClN5O3. The molecular weight excluding hydrogens is 346 g/mol. The third-order valence-corrected chi connectivity index (χ3v) is 3.62. The lowest BCUT2D eigenvalue weighted by Crippen LogP contribution is -2.18. The molecule has 8 nitrogen and oxygen atoms in total. The predicted octanol–water partition coefficient (Wildman–Crippen LogP) is 1.96. The topological polar surface area (TPSA) is 105 Å². The number of para-hydroxylation sites is 1. The number of ether oxygens (including phenoxy) is 1. The van der Waals surface area contributed by atoms with E-state index in [0.29, 0.717) is 27.4 Å². The van der Waals surface area contributed by atoms with E-state index in [4.69, 9.17) is 26.9 Å². The molecule has 3 aromatic rings. The maximum Gasteiger partial charge on any atom is 0.356 e. The van der Waals surface area contributed by atoms with Crippen molar-refractivity contribution < 1.29 is 14.4 Å². The van der Waals surface area contributed by atoms with Crippen LogP contribution in [-0.2, 0) is 16.2 Å². The van der Waals surface area contributed by atoms with Crippen molar-refractivity contribution in [2.24, 2.45) is 10.9 Å². The Labute approximate surface area is 147 Å². The van der Waals surface area contributed by atoms with E-state index in [1.165, 1.54) is 11.8 Å². The zero-order valence-corrected chi connectivity index (χ0v) is 14.0. The summed E-state index contributed by atoms with van der Waals surface area (Å²) in [6, 6.07) is 12.1. The minimum atomic E-state index is -0.639. The van der Waals surface area contributed by atoms with Gasteiger partial charge in [0.1, 0.15) is 17.8 Å². The fraction of sp³-hybridized carbons (Fsp3) is 0.125. The average molecular weight is 360 g/mol. The van der Waals surface area contributed by atoms with Gasteiger partial charge in [-0.2, -0.15) is 0 Å². The van der Waals surface area contributed by atoms with Crippen LogP contribution in [0.5, 0.6) is 5.75 Å². The lowest BCUT2D eigenvalue weighted by molar-refractivity contribution is -0.144. The summed E-state index contributed by atoms with van der Waals surface area (Å²) in [5, 5.41) is 12.0. The first-order valence-corrected chi connectivity index (χ1v) is 7.61. The lowest BCUT2D eigenvalue weighted by Gasteiger charge is -2.07. The van der Waals surface area contributed by atoms with Crippen LogP contribution in [0.1, 0.15) is 5.56 Å². The molecule has 0 radical (unpaired) electrons. The standard InChI is InChI=1S/C16H14ClN5O3/c1-24-14-7-6-10(17)8-11(14)16(18)20-25-15(23)9-22-13-5-3-2-4-12(13)19-21-22/h2-8H,9H2,1H3,(H2,18,20). The Kier molecular flexibility index (Phi) is 4.80. The van der Waals surface area contributed by atoms with Gasteiger partial charge in [-0.05, 0) is 30.3 Å². The molecule has 2 aromatic carbocycles. The van der Waals surface area contributed by atoms with Crippen molar-refractivity contribution >= 4 is 34.4 Å². The second kappa shape index (κ2) is 7.18. The fourth-order valence-corrected chi connectivity index (χ4v) is 2.39. The van der Waals surface area contributed by atoms with Gasteiger partial charge in [0.2, 0.25) is 0 Å². The highest BCUT2D eigenvalue weighted by molar-refractivity contribution is 6.31. The van der Waals surface area contributed by atoms with E-state index < -0.39 is 5.97 Å². The Morgan fingerprint density at radius 3 is 2.92 bits per heavy atom. The van der Waals surface area contributed by atoms with Crippen molar-refractivity contribution in [2.45, 2.75) is 6.54 Å². The van der Waals surface area contributed by atoms with Crippen LogP contribution in [0.15, 0.2) is 47.6 Å². The number of amidine groups is 1. The normalized spacial score (nSPS) is 11.5. The molecule has 0 amide bonds. The van der Waals surface area contributed by atoms with Crippen LogP contribution < -0.4 is 10.5 Å². The summed E-state index contributed by atoms with van der Waals surface area (Å²) in [6.07, 6.45) is 0. The largest absolute Gasteiger partial charge is 0.496 e. The number of nitrogens with two attached hydrogens (primary N) is 1. The van der Waals surface area contributed by atoms with Gasteiger partial charge in [-0.25, -0.2) is 9.48 Å². The molecule has 128 valence electrons. The number of hydrogen-bond acceptors (Lipinski definition) is 6. The molecule has 25 heavy (non-hydrogen) atoms. The van der Waals surface area contributed by atoms with E-state index in [0.717, 1.165) is 0 Å². The van der Waals surface area contributed by atoms with Crippen molar-refractivity contribution in [1.29, 1.82) is 0 Å². The Bertz CT molecular complexity index is 954. The molecule has 1 heterocycles. The van der Waals surface area contributed by atoms with Gasteiger partial charge in [-0.1, -0.05) is 34.1 Å². The van der Waals surface area contributed by atoms with E-state index in [-0.39, 0.29) is 12.4 Å². The van der Waals surface area contributed by atoms with Crippen molar-refractivity contribution in [3.05, 3.63) is 53.1 Å². The van der Waals surface area contributed by atoms with Crippen LogP contribution >= 0.6 is 11.6 Å². The molecule has 0 unspecified atom stereocenters. The minimum absolute atomic E-state index is 0.0313. The van der Waals surface area contributed by atoms with Gasteiger partial charge >= 0.3 is 5.97 Å². The Balaban J connectivity index is 1.73. The van der Waals surface area contributed by atoms with Gasteiger partial charge in [0.05, 0.1) is 18.2 Å². The molecule has 0 fully saturated rings. The van der Waals surface area contributed by atoms with E-state index >= 15 is 0 Å². The Morgan fingerprint density at radius 2 is 2.12 bits per heavy atom. The highest BCUT2D eigenvalue weighted by Gasteiger charge is 2.12. The highest BCUT2D eigenvalue weighted by atomic mass is 35.5. The minimum Gasteiger partial charge on any atom is -0.496 e. The quantitative estimate of drug-likeness (QED) is 0.323. The SMILES string of the molecule is COc1ccc(Cl)cc1/C(N)=N/OC(=O)Cn1nnc2ccccc21. The summed E-state index contributed by atoms with van der Waals surface area (Å²) in [5.41, 5.74) is 7.67.